The van der Waals surface area contributed by atoms with Crippen molar-refractivity contribution < 1.29 is 9.53 Å². The maximum atomic E-state index is 11.1. The highest BCUT2D eigenvalue weighted by Crippen LogP contribution is 2.23. The van der Waals surface area contributed by atoms with Crippen molar-refractivity contribution in [1.82, 2.24) is 5.32 Å². The van der Waals surface area contributed by atoms with Gasteiger partial charge >= 0.3 is 6.09 Å². The van der Waals surface area contributed by atoms with Gasteiger partial charge in [0, 0.05) is 11.3 Å². The summed E-state index contributed by atoms with van der Waals surface area (Å²) < 4.78 is 4.84. The molecule has 0 aliphatic carbocycles. The number of amides is 1. The molecule has 2 rings (SSSR count). The van der Waals surface area contributed by atoms with Gasteiger partial charge in [0.25, 0.3) is 0 Å². The second kappa shape index (κ2) is 5.25. The van der Waals surface area contributed by atoms with Crippen LogP contribution in [0.1, 0.15) is 24.9 Å². The van der Waals surface area contributed by atoms with Crippen LogP contribution in [0.25, 0.3) is 0 Å². The first-order valence-corrected chi connectivity index (χ1v) is 6.44. The molecule has 1 aliphatic heterocycles. The molecule has 1 atom stereocenters. The lowest BCUT2D eigenvalue weighted by atomic mass is 10.0. The number of cyclic esters (lactones) is 1. The molecule has 0 spiro atoms. The minimum absolute atomic E-state index is 0.0990. The monoisotopic (exact) mass is 237 g/mol. The number of carbonyl (C=O) groups is 1. The van der Waals surface area contributed by atoms with Crippen molar-refractivity contribution in [3.8, 4) is 0 Å². The third-order valence-electron chi connectivity index (χ3n) is 2.53. The maximum absolute atomic E-state index is 11.1. The first-order chi connectivity index (χ1) is 7.79. The van der Waals surface area contributed by atoms with Gasteiger partial charge in [-0.05, 0) is 23.4 Å². The summed E-state index contributed by atoms with van der Waals surface area (Å²) in [5, 5.41) is 2.82. The van der Waals surface area contributed by atoms with Crippen molar-refractivity contribution in [2.24, 2.45) is 0 Å². The van der Waals surface area contributed by atoms with Crippen LogP contribution in [0.2, 0.25) is 0 Å². The molecule has 86 valence electrons. The van der Waals surface area contributed by atoms with Crippen LogP contribution in [-0.2, 0) is 4.74 Å². The smallest absolute Gasteiger partial charge is 0.407 e. The Bertz CT molecular complexity index is 364. The lowest BCUT2D eigenvalue weighted by molar-refractivity contribution is 0.115. The summed E-state index contributed by atoms with van der Waals surface area (Å²) in [6.45, 7) is 2.64. The fraction of sp³-hybridized carbons (Fsp3) is 0.417. The molecule has 3 nitrogen and oxygen atoms in total. The second-order valence-corrected chi connectivity index (χ2v) is 4.96. The van der Waals surface area contributed by atoms with E-state index in [-0.39, 0.29) is 12.1 Å². The molecule has 1 saturated heterocycles. The van der Waals surface area contributed by atoms with Crippen LogP contribution < -0.4 is 5.32 Å². The Morgan fingerprint density at radius 2 is 2.19 bits per heavy atom. The molecular formula is C12H15NO2S. The molecular weight excluding hydrogens is 222 g/mol. The SMILES string of the molecule is CCSc1ccc([C@@H]2CCOC(=O)N2)cc1. The molecule has 1 heterocycles. The molecule has 0 unspecified atom stereocenters. The Balaban J connectivity index is 2.05. The van der Waals surface area contributed by atoms with E-state index < -0.39 is 0 Å². The summed E-state index contributed by atoms with van der Waals surface area (Å²) in [4.78, 5) is 12.3. The number of benzene rings is 1. The van der Waals surface area contributed by atoms with E-state index in [1.54, 1.807) is 0 Å². The van der Waals surface area contributed by atoms with Crippen molar-refractivity contribution in [3.05, 3.63) is 29.8 Å². The van der Waals surface area contributed by atoms with Gasteiger partial charge < -0.3 is 10.1 Å². The van der Waals surface area contributed by atoms with Crippen LogP contribution in [0.5, 0.6) is 0 Å². The molecule has 0 saturated carbocycles. The average molecular weight is 237 g/mol. The van der Waals surface area contributed by atoms with Gasteiger partial charge in [0.05, 0.1) is 12.6 Å². The maximum Gasteiger partial charge on any atom is 0.407 e. The van der Waals surface area contributed by atoms with Gasteiger partial charge in [0.15, 0.2) is 0 Å². The summed E-state index contributed by atoms with van der Waals surface area (Å²) in [5.41, 5.74) is 1.15. The largest absolute Gasteiger partial charge is 0.449 e. The zero-order chi connectivity index (χ0) is 11.4. The van der Waals surface area contributed by atoms with Crippen molar-refractivity contribution in [2.45, 2.75) is 24.3 Å². The molecule has 1 fully saturated rings. The zero-order valence-corrected chi connectivity index (χ0v) is 10.0. The van der Waals surface area contributed by atoms with Crippen LogP contribution in [0.15, 0.2) is 29.2 Å². The number of rotatable bonds is 3. The number of nitrogens with one attached hydrogen (secondary N) is 1. The molecule has 1 aliphatic rings. The Morgan fingerprint density at radius 3 is 2.81 bits per heavy atom. The normalized spacial score (nSPS) is 20.1. The molecule has 0 radical (unpaired) electrons. The number of alkyl carbamates (subject to hydrolysis) is 1. The fourth-order valence-corrected chi connectivity index (χ4v) is 2.40. The van der Waals surface area contributed by atoms with E-state index in [4.69, 9.17) is 4.74 Å². The van der Waals surface area contributed by atoms with E-state index in [1.807, 2.05) is 11.8 Å². The van der Waals surface area contributed by atoms with Crippen molar-refractivity contribution in [1.29, 1.82) is 0 Å². The Hall–Kier alpha value is -1.16. The first kappa shape index (κ1) is 11.3. The predicted molar refractivity (Wildman–Crippen MR) is 64.7 cm³/mol. The van der Waals surface area contributed by atoms with Crippen LogP contribution >= 0.6 is 11.8 Å². The topological polar surface area (TPSA) is 38.3 Å². The highest BCUT2D eigenvalue weighted by atomic mass is 32.2. The third kappa shape index (κ3) is 2.70. The molecule has 1 aromatic rings. The second-order valence-electron chi connectivity index (χ2n) is 3.62. The summed E-state index contributed by atoms with van der Waals surface area (Å²) in [6.07, 6.45) is 0.523. The molecule has 1 aromatic carbocycles. The molecule has 1 amide bonds. The fourth-order valence-electron chi connectivity index (χ4n) is 1.74. The van der Waals surface area contributed by atoms with Crippen LogP contribution in [0, 0.1) is 0 Å². The van der Waals surface area contributed by atoms with Gasteiger partial charge in [-0.25, -0.2) is 4.79 Å². The van der Waals surface area contributed by atoms with Crippen LogP contribution in [0.3, 0.4) is 0 Å². The summed E-state index contributed by atoms with van der Waals surface area (Å²) >= 11 is 1.82. The number of ether oxygens (including phenoxy) is 1. The summed E-state index contributed by atoms with van der Waals surface area (Å²) in [6, 6.07) is 8.46. The van der Waals surface area contributed by atoms with E-state index in [9.17, 15) is 4.79 Å². The van der Waals surface area contributed by atoms with Crippen LogP contribution in [-0.4, -0.2) is 18.5 Å². The highest BCUT2D eigenvalue weighted by molar-refractivity contribution is 7.99. The van der Waals surface area contributed by atoms with Gasteiger partial charge in [-0.15, -0.1) is 11.8 Å². The zero-order valence-electron chi connectivity index (χ0n) is 9.23. The number of thioether (sulfide) groups is 1. The number of hydrogen-bond donors (Lipinski definition) is 1. The van der Waals surface area contributed by atoms with E-state index in [0.717, 1.165) is 17.7 Å². The van der Waals surface area contributed by atoms with E-state index in [1.165, 1.54) is 4.90 Å². The molecule has 1 N–H and O–H groups in total. The predicted octanol–water partition coefficient (Wildman–Crippen LogP) is 2.97. The molecule has 0 aromatic heterocycles. The lowest BCUT2D eigenvalue weighted by Crippen LogP contribution is -2.35. The Labute approximate surface area is 99.6 Å². The minimum Gasteiger partial charge on any atom is -0.449 e. The minimum atomic E-state index is -0.316. The van der Waals surface area contributed by atoms with Crippen LogP contribution in [0.4, 0.5) is 4.79 Å². The van der Waals surface area contributed by atoms with Crippen molar-refractivity contribution >= 4 is 17.9 Å². The molecule has 16 heavy (non-hydrogen) atoms. The van der Waals surface area contributed by atoms with E-state index in [2.05, 4.69) is 36.5 Å². The summed E-state index contributed by atoms with van der Waals surface area (Å²) in [5.74, 6) is 1.08. The standard InChI is InChI=1S/C12H15NO2S/c1-2-16-10-5-3-9(4-6-10)11-7-8-15-12(14)13-11/h3-6,11H,2,7-8H2,1H3,(H,13,14)/t11-/m0/s1. The van der Waals surface area contributed by atoms with Crippen molar-refractivity contribution in [3.63, 3.8) is 0 Å². The summed E-state index contributed by atoms with van der Waals surface area (Å²) in [7, 11) is 0. The molecule has 4 heteroatoms. The van der Waals surface area contributed by atoms with Gasteiger partial charge in [0.2, 0.25) is 0 Å². The van der Waals surface area contributed by atoms with E-state index in [0.29, 0.717) is 6.61 Å². The van der Waals surface area contributed by atoms with Gasteiger partial charge in [-0.2, -0.15) is 0 Å². The lowest BCUT2D eigenvalue weighted by Gasteiger charge is -2.23. The number of hydrogen-bond acceptors (Lipinski definition) is 3. The Morgan fingerprint density at radius 1 is 1.44 bits per heavy atom. The quantitative estimate of drug-likeness (QED) is 0.821. The first-order valence-electron chi connectivity index (χ1n) is 5.45. The van der Waals surface area contributed by atoms with Gasteiger partial charge in [-0.3, -0.25) is 0 Å². The van der Waals surface area contributed by atoms with Gasteiger partial charge in [0.1, 0.15) is 0 Å². The average Bonchev–Trinajstić information content (AvgIpc) is 2.30. The van der Waals surface area contributed by atoms with E-state index >= 15 is 0 Å². The Kier molecular flexibility index (Phi) is 3.72. The van der Waals surface area contributed by atoms with Crippen molar-refractivity contribution in [2.75, 3.05) is 12.4 Å². The third-order valence-corrected chi connectivity index (χ3v) is 3.42. The van der Waals surface area contributed by atoms with Gasteiger partial charge in [-0.1, -0.05) is 19.1 Å². The highest BCUT2D eigenvalue weighted by Gasteiger charge is 2.20. The molecule has 0 bridgehead atoms. The number of carbonyl (C=O) groups excluding carboxylic acids is 1.